The normalized spacial score (nSPS) is 10.8. The monoisotopic (exact) mass is 348 g/mol. The van der Waals surface area contributed by atoms with Crippen molar-refractivity contribution in [2.75, 3.05) is 14.2 Å². The fourth-order valence-electron chi connectivity index (χ4n) is 2.84. The predicted octanol–water partition coefficient (Wildman–Crippen LogP) is 2.77. The van der Waals surface area contributed by atoms with Crippen molar-refractivity contribution >= 4 is 5.65 Å². The maximum atomic E-state index is 12.5. The molecule has 26 heavy (non-hydrogen) atoms. The highest BCUT2D eigenvalue weighted by Crippen LogP contribution is 2.32. The SMILES string of the molecule is COc1ccc(-c2cc(=O)n3[nH]cc(-c4ccccn4)c3n2)c(OC)c1. The van der Waals surface area contributed by atoms with Gasteiger partial charge in [0.15, 0.2) is 5.65 Å². The largest absolute Gasteiger partial charge is 0.497 e. The van der Waals surface area contributed by atoms with Crippen LogP contribution in [0.15, 0.2) is 59.7 Å². The third-order valence-corrected chi connectivity index (χ3v) is 4.12. The van der Waals surface area contributed by atoms with Gasteiger partial charge < -0.3 is 9.47 Å². The summed E-state index contributed by atoms with van der Waals surface area (Å²) in [5, 5.41) is 2.93. The predicted molar refractivity (Wildman–Crippen MR) is 97.6 cm³/mol. The molecular formula is C19H16N4O3. The number of H-pyrrole nitrogens is 1. The quantitative estimate of drug-likeness (QED) is 0.613. The van der Waals surface area contributed by atoms with Crippen LogP contribution < -0.4 is 15.0 Å². The standard InChI is InChI=1S/C19H16N4O3/c1-25-12-6-7-13(17(9-12)26-2)16-10-18(24)23-19(22-16)14(11-21-23)15-5-3-4-8-20-15/h3-11,21H,1-2H3. The van der Waals surface area contributed by atoms with E-state index in [9.17, 15) is 4.79 Å². The number of rotatable bonds is 4. The molecule has 0 bridgehead atoms. The lowest BCUT2D eigenvalue weighted by Gasteiger charge is -2.10. The summed E-state index contributed by atoms with van der Waals surface area (Å²) in [6.07, 6.45) is 3.42. The Morgan fingerprint density at radius 2 is 1.88 bits per heavy atom. The molecule has 0 aliphatic rings. The first kappa shape index (κ1) is 15.9. The maximum Gasteiger partial charge on any atom is 0.273 e. The first-order valence-electron chi connectivity index (χ1n) is 7.96. The number of aromatic nitrogens is 4. The molecule has 0 radical (unpaired) electrons. The molecular weight excluding hydrogens is 332 g/mol. The summed E-state index contributed by atoms with van der Waals surface area (Å²) in [4.78, 5) is 21.6. The van der Waals surface area contributed by atoms with Crippen LogP contribution in [-0.4, -0.2) is 33.8 Å². The first-order chi connectivity index (χ1) is 12.7. The number of nitrogens with zero attached hydrogens (tertiary/aromatic N) is 3. The van der Waals surface area contributed by atoms with Gasteiger partial charge in [-0.15, -0.1) is 0 Å². The van der Waals surface area contributed by atoms with Crippen LogP contribution in [0.25, 0.3) is 28.2 Å². The van der Waals surface area contributed by atoms with E-state index < -0.39 is 0 Å². The summed E-state index contributed by atoms with van der Waals surface area (Å²) in [5.41, 5.74) is 3.00. The van der Waals surface area contributed by atoms with E-state index >= 15 is 0 Å². The number of nitrogens with one attached hydrogen (secondary N) is 1. The zero-order chi connectivity index (χ0) is 18.1. The Morgan fingerprint density at radius 1 is 1.00 bits per heavy atom. The van der Waals surface area contributed by atoms with Crippen molar-refractivity contribution in [2.24, 2.45) is 0 Å². The van der Waals surface area contributed by atoms with Gasteiger partial charge in [-0.2, -0.15) is 0 Å². The number of aromatic amines is 1. The van der Waals surface area contributed by atoms with Gasteiger partial charge in [0.1, 0.15) is 11.5 Å². The molecule has 7 nitrogen and oxygen atoms in total. The Kier molecular flexibility index (Phi) is 3.89. The van der Waals surface area contributed by atoms with Crippen molar-refractivity contribution < 1.29 is 9.47 Å². The van der Waals surface area contributed by atoms with Gasteiger partial charge in [-0.25, -0.2) is 9.50 Å². The number of hydrogen-bond acceptors (Lipinski definition) is 5. The zero-order valence-electron chi connectivity index (χ0n) is 14.3. The van der Waals surface area contributed by atoms with Gasteiger partial charge in [-0.3, -0.25) is 14.9 Å². The van der Waals surface area contributed by atoms with Crippen LogP contribution >= 0.6 is 0 Å². The Morgan fingerprint density at radius 3 is 2.62 bits per heavy atom. The van der Waals surface area contributed by atoms with Crippen LogP contribution in [-0.2, 0) is 0 Å². The molecule has 1 N–H and O–H groups in total. The van der Waals surface area contributed by atoms with Crippen LogP contribution in [0, 0.1) is 0 Å². The number of benzene rings is 1. The van der Waals surface area contributed by atoms with E-state index in [1.807, 2.05) is 24.3 Å². The Hall–Kier alpha value is -3.61. The van der Waals surface area contributed by atoms with Crippen LogP contribution in [0.2, 0.25) is 0 Å². The van der Waals surface area contributed by atoms with Crippen LogP contribution in [0.1, 0.15) is 0 Å². The Bertz CT molecular complexity index is 1130. The van der Waals surface area contributed by atoms with Gasteiger partial charge in [0.2, 0.25) is 0 Å². The third kappa shape index (κ3) is 2.59. The summed E-state index contributed by atoms with van der Waals surface area (Å²) in [5.74, 6) is 1.25. The van der Waals surface area contributed by atoms with Crippen molar-refractivity contribution in [1.29, 1.82) is 0 Å². The number of hydrogen-bond donors (Lipinski definition) is 1. The van der Waals surface area contributed by atoms with Gasteiger partial charge in [0.25, 0.3) is 5.56 Å². The van der Waals surface area contributed by atoms with Crippen molar-refractivity contribution in [1.82, 2.24) is 19.6 Å². The van der Waals surface area contributed by atoms with E-state index in [0.29, 0.717) is 28.4 Å². The molecule has 0 saturated heterocycles. The molecule has 1 aromatic carbocycles. The first-order valence-corrected chi connectivity index (χ1v) is 7.96. The average Bonchev–Trinajstić information content (AvgIpc) is 3.12. The molecule has 4 rings (SSSR count). The molecule has 130 valence electrons. The number of ether oxygens (including phenoxy) is 2. The van der Waals surface area contributed by atoms with Gasteiger partial charge in [-0.05, 0) is 24.3 Å². The number of fused-ring (bicyclic) bond motifs is 1. The number of pyridine rings is 1. The van der Waals surface area contributed by atoms with Gasteiger partial charge in [-0.1, -0.05) is 6.07 Å². The van der Waals surface area contributed by atoms with E-state index in [0.717, 1.165) is 11.3 Å². The maximum absolute atomic E-state index is 12.5. The third-order valence-electron chi connectivity index (χ3n) is 4.12. The zero-order valence-corrected chi connectivity index (χ0v) is 14.3. The van der Waals surface area contributed by atoms with E-state index in [-0.39, 0.29) is 5.56 Å². The van der Waals surface area contributed by atoms with E-state index in [4.69, 9.17) is 9.47 Å². The summed E-state index contributed by atoms with van der Waals surface area (Å²) in [7, 11) is 3.16. The van der Waals surface area contributed by atoms with Crippen molar-refractivity contribution in [3.8, 4) is 34.0 Å². The van der Waals surface area contributed by atoms with E-state index in [1.54, 1.807) is 38.7 Å². The van der Waals surface area contributed by atoms with Crippen molar-refractivity contribution in [3.63, 3.8) is 0 Å². The molecule has 3 aromatic heterocycles. The Balaban J connectivity index is 1.94. The molecule has 0 aliphatic heterocycles. The molecule has 0 atom stereocenters. The van der Waals surface area contributed by atoms with Crippen molar-refractivity contribution in [3.05, 3.63) is 65.2 Å². The van der Waals surface area contributed by atoms with Gasteiger partial charge in [0, 0.05) is 30.1 Å². The smallest absolute Gasteiger partial charge is 0.273 e. The molecule has 0 spiro atoms. The second-order valence-electron chi connectivity index (χ2n) is 5.61. The lowest BCUT2D eigenvalue weighted by molar-refractivity contribution is 0.395. The average molecular weight is 348 g/mol. The summed E-state index contributed by atoms with van der Waals surface area (Å²) < 4.78 is 12.1. The van der Waals surface area contributed by atoms with Crippen molar-refractivity contribution in [2.45, 2.75) is 0 Å². The van der Waals surface area contributed by atoms with Gasteiger partial charge in [0.05, 0.1) is 31.2 Å². The number of methoxy groups -OCH3 is 2. The summed E-state index contributed by atoms with van der Waals surface area (Å²) in [6.45, 7) is 0. The lowest BCUT2D eigenvalue weighted by atomic mass is 10.1. The van der Waals surface area contributed by atoms with Crippen LogP contribution in [0.5, 0.6) is 11.5 Å². The highest BCUT2D eigenvalue weighted by Gasteiger charge is 2.15. The minimum atomic E-state index is -0.218. The second-order valence-corrected chi connectivity index (χ2v) is 5.61. The Labute approximate surface area is 148 Å². The lowest BCUT2D eigenvalue weighted by Crippen LogP contribution is -2.14. The second kappa shape index (κ2) is 6.36. The minimum Gasteiger partial charge on any atom is -0.497 e. The molecule has 4 aromatic rings. The molecule has 0 fully saturated rings. The molecule has 0 saturated carbocycles. The molecule has 0 amide bonds. The molecule has 0 unspecified atom stereocenters. The highest BCUT2D eigenvalue weighted by molar-refractivity contribution is 5.77. The molecule has 7 heteroatoms. The molecule has 3 heterocycles. The van der Waals surface area contributed by atoms with E-state index in [2.05, 4.69) is 15.1 Å². The minimum absolute atomic E-state index is 0.218. The highest BCUT2D eigenvalue weighted by atomic mass is 16.5. The molecule has 0 aliphatic carbocycles. The summed E-state index contributed by atoms with van der Waals surface area (Å²) >= 11 is 0. The topological polar surface area (TPSA) is 81.5 Å². The van der Waals surface area contributed by atoms with Gasteiger partial charge >= 0.3 is 0 Å². The van der Waals surface area contributed by atoms with E-state index in [1.165, 1.54) is 10.6 Å². The van der Waals surface area contributed by atoms with Crippen LogP contribution in [0.3, 0.4) is 0 Å². The van der Waals surface area contributed by atoms with Crippen LogP contribution in [0.4, 0.5) is 0 Å². The fourth-order valence-corrected chi connectivity index (χ4v) is 2.84. The fraction of sp³-hybridized carbons (Fsp3) is 0.105. The summed E-state index contributed by atoms with van der Waals surface area (Å²) in [6, 6.07) is 12.5.